The van der Waals surface area contributed by atoms with Crippen LogP contribution in [0.3, 0.4) is 0 Å². The molecule has 22 heteroatoms. The first kappa shape index (κ1) is 49.3. The molecular formula is C51H56N17O5+. The fourth-order valence-electron chi connectivity index (χ4n) is 9.32. The number of carbonyl (C=O) groups is 4. The monoisotopic (exact) mass is 986 g/mol. The van der Waals surface area contributed by atoms with Crippen LogP contribution < -0.4 is 33.6 Å². The van der Waals surface area contributed by atoms with Crippen molar-refractivity contribution in [3.05, 3.63) is 125 Å². The molecule has 1 unspecified atom stereocenters. The molecular weight excluding hydrogens is 931 g/mol. The molecule has 3 fully saturated rings. The maximum absolute atomic E-state index is 13.6. The van der Waals surface area contributed by atoms with Crippen molar-refractivity contribution in [3.8, 4) is 28.3 Å². The highest BCUT2D eigenvalue weighted by Crippen LogP contribution is 2.47. The van der Waals surface area contributed by atoms with E-state index in [0.717, 1.165) is 65.5 Å². The lowest BCUT2D eigenvalue weighted by Crippen LogP contribution is -2.53. The van der Waals surface area contributed by atoms with Gasteiger partial charge in [-0.15, -0.1) is 0 Å². The van der Waals surface area contributed by atoms with Gasteiger partial charge < -0.3 is 38.3 Å². The number of anilines is 2. The van der Waals surface area contributed by atoms with E-state index in [1.165, 1.54) is 34.2 Å². The van der Waals surface area contributed by atoms with Crippen LogP contribution >= 0.6 is 0 Å². The van der Waals surface area contributed by atoms with Crippen LogP contribution in [0.15, 0.2) is 108 Å². The van der Waals surface area contributed by atoms with Crippen LogP contribution in [0.1, 0.15) is 90.6 Å². The van der Waals surface area contributed by atoms with Gasteiger partial charge in [0.15, 0.2) is 5.54 Å². The van der Waals surface area contributed by atoms with Crippen molar-refractivity contribution in [2.45, 2.75) is 100 Å². The molecule has 374 valence electrons. The van der Waals surface area contributed by atoms with E-state index in [9.17, 15) is 19.2 Å². The number of aliphatic imine (C=N–C) groups is 2. The number of ether oxygens (including phenoxy) is 1. The third-order valence-corrected chi connectivity index (χ3v) is 13.6. The molecule has 4 amide bonds. The van der Waals surface area contributed by atoms with Gasteiger partial charge in [-0.3, -0.25) is 28.5 Å². The second-order valence-corrected chi connectivity index (χ2v) is 19.2. The van der Waals surface area contributed by atoms with Gasteiger partial charge in [-0.05, 0) is 61.8 Å². The molecule has 0 radical (unpaired) electrons. The van der Waals surface area contributed by atoms with Gasteiger partial charge in [0.1, 0.15) is 24.8 Å². The SMILES string of the molecule is CC(C)(C#[N+]C1CC(C(N)=NC(=O)c2cnn(CC(=O)NCC3CCCO3)c2)(c2ccc(-c3cnc(N)nc3)cc2)C1)NC(=O)Cn1cc(C(=O)N=C(N)C2(c3ccc(-c4cnc(N)nc4)cc3)CCC2)cn1. The van der Waals surface area contributed by atoms with Crippen molar-refractivity contribution in [1.82, 2.24) is 50.1 Å². The van der Waals surface area contributed by atoms with Gasteiger partial charge in [0.2, 0.25) is 23.7 Å². The van der Waals surface area contributed by atoms with E-state index in [4.69, 9.17) is 32.5 Å². The number of carbonyl (C=O) groups excluding carboxylic acids is 4. The van der Waals surface area contributed by atoms with E-state index in [2.05, 4.69) is 56.8 Å². The number of amides is 4. The Hall–Kier alpha value is -8.71. The van der Waals surface area contributed by atoms with Gasteiger partial charge in [0.25, 0.3) is 17.9 Å². The van der Waals surface area contributed by atoms with Crippen molar-refractivity contribution in [2.75, 3.05) is 24.6 Å². The number of nitrogens with zero attached hydrogens (tertiary/aromatic N) is 11. The molecule has 1 atom stereocenters. The molecule has 9 rings (SSSR count). The number of nitrogens with two attached hydrogens (primary N) is 4. The predicted octanol–water partition coefficient (Wildman–Crippen LogP) is 3.60. The quantitative estimate of drug-likeness (QED) is 0.0633. The number of rotatable bonds is 15. The van der Waals surface area contributed by atoms with Gasteiger partial charge in [0, 0.05) is 74.3 Å². The number of benzene rings is 2. The molecule has 1 aliphatic heterocycles. The van der Waals surface area contributed by atoms with E-state index < -0.39 is 34.1 Å². The summed E-state index contributed by atoms with van der Waals surface area (Å²) >= 11 is 0. The normalized spacial score (nSPS) is 19.4. The van der Waals surface area contributed by atoms with Crippen LogP contribution in [0.5, 0.6) is 0 Å². The number of hydrogen-bond acceptors (Lipinski definition) is 13. The van der Waals surface area contributed by atoms with Gasteiger partial charge in [0.05, 0.1) is 40.5 Å². The van der Waals surface area contributed by atoms with Crippen LogP contribution in [-0.2, 0) is 38.2 Å². The fraction of sp³-hybridized carbons (Fsp3) is 0.353. The summed E-state index contributed by atoms with van der Waals surface area (Å²) in [5, 5.41) is 14.2. The summed E-state index contributed by atoms with van der Waals surface area (Å²) in [6.07, 6.45) is 17.3. The Bertz CT molecular complexity index is 3130. The Balaban J connectivity index is 0.831. The van der Waals surface area contributed by atoms with E-state index in [1.54, 1.807) is 38.6 Å². The van der Waals surface area contributed by atoms with Crippen LogP contribution in [0.2, 0.25) is 0 Å². The molecule has 6 aromatic rings. The van der Waals surface area contributed by atoms with E-state index in [-0.39, 0.29) is 65.8 Å². The molecule has 1 saturated heterocycles. The Morgan fingerprint density at radius 3 is 1.68 bits per heavy atom. The molecule has 4 aromatic heterocycles. The van der Waals surface area contributed by atoms with Gasteiger partial charge in [-0.1, -0.05) is 59.8 Å². The second kappa shape index (κ2) is 20.6. The average molecular weight is 987 g/mol. The zero-order valence-electron chi connectivity index (χ0n) is 40.4. The first-order chi connectivity index (χ1) is 35.1. The summed E-state index contributed by atoms with van der Waals surface area (Å²) < 4.78 is 8.30. The Morgan fingerprint density at radius 2 is 1.21 bits per heavy atom. The standard InChI is InChI=1S/C51H55N17O5/c1-49(2,66-42(70)29-68-27-36(24-63-68)43(71)64-45(52)50(14-4-15-50)37-10-6-31(7-11-37)33-19-57-47(54)58-20-33)30-61-39-17-51(18-39,38-12-8-32(9-13-38)34-21-59-48(55)60-22-34)46(53)65-44(72)35-23-62-67(26-35)28-41(69)56-25-40-5-3-16-73-40/h6-13,19-24,26-27,39-40H,3-5,14-18,25,28-29H2,1-2H3,(H9-,52,53,54,55,56,57,58,59,60,64,65,66,69,70,71,72)/p+1. The molecule has 5 heterocycles. The van der Waals surface area contributed by atoms with Crippen LogP contribution in [0, 0.1) is 6.07 Å². The Labute approximate surface area is 420 Å². The largest absolute Gasteiger partial charge is 0.386 e. The minimum absolute atomic E-state index is 0.00246. The van der Waals surface area contributed by atoms with Gasteiger partial charge in [-0.2, -0.15) is 20.2 Å². The first-order valence-corrected chi connectivity index (χ1v) is 23.9. The van der Waals surface area contributed by atoms with Gasteiger partial charge in [-0.25, -0.2) is 19.9 Å². The summed E-state index contributed by atoms with van der Waals surface area (Å²) in [4.78, 5) is 82.6. The third-order valence-electron chi connectivity index (χ3n) is 13.6. The fourth-order valence-corrected chi connectivity index (χ4v) is 9.32. The van der Waals surface area contributed by atoms with Gasteiger partial charge >= 0.3 is 6.07 Å². The molecule has 0 spiro atoms. The van der Waals surface area contributed by atoms with Crippen molar-refractivity contribution in [1.29, 1.82) is 0 Å². The summed E-state index contributed by atoms with van der Waals surface area (Å²) in [6, 6.07) is 18.3. The van der Waals surface area contributed by atoms with Crippen molar-refractivity contribution >= 4 is 47.2 Å². The highest BCUT2D eigenvalue weighted by molar-refractivity contribution is 6.07. The van der Waals surface area contributed by atoms with Crippen molar-refractivity contribution in [3.63, 3.8) is 0 Å². The summed E-state index contributed by atoms with van der Waals surface area (Å²) in [7, 11) is 0. The maximum atomic E-state index is 13.6. The Morgan fingerprint density at radius 1 is 0.712 bits per heavy atom. The zero-order chi connectivity index (χ0) is 51.3. The lowest BCUT2D eigenvalue weighted by Gasteiger charge is -2.41. The number of amidine groups is 2. The molecule has 0 bridgehead atoms. The third kappa shape index (κ3) is 11.1. The molecule has 3 aliphatic rings. The van der Waals surface area contributed by atoms with E-state index in [1.807, 2.05) is 48.5 Å². The highest BCUT2D eigenvalue weighted by Gasteiger charge is 2.55. The summed E-state index contributed by atoms with van der Waals surface area (Å²) in [5.41, 5.74) is 27.7. The molecule has 2 aliphatic carbocycles. The van der Waals surface area contributed by atoms with Crippen LogP contribution in [0.25, 0.3) is 27.1 Å². The highest BCUT2D eigenvalue weighted by atomic mass is 16.5. The van der Waals surface area contributed by atoms with Crippen molar-refractivity contribution < 1.29 is 23.9 Å². The molecule has 73 heavy (non-hydrogen) atoms. The Kier molecular flexibility index (Phi) is 13.9. The molecule has 10 N–H and O–H groups in total. The summed E-state index contributed by atoms with van der Waals surface area (Å²) in [6.45, 7) is 4.34. The predicted molar refractivity (Wildman–Crippen MR) is 272 cm³/mol. The van der Waals surface area contributed by atoms with E-state index in [0.29, 0.717) is 26.0 Å². The van der Waals surface area contributed by atoms with Crippen LogP contribution in [0.4, 0.5) is 11.9 Å². The number of aromatic nitrogens is 8. The zero-order valence-corrected chi connectivity index (χ0v) is 40.4. The lowest BCUT2D eigenvalue weighted by molar-refractivity contribution is -0.123. The number of nitrogens with one attached hydrogen (secondary N) is 2. The first-order valence-electron chi connectivity index (χ1n) is 23.9. The lowest BCUT2D eigenvalue weighted by atomic mass is 9.61. The average Bonchev–Trinajstić information content (AvgIpc) is 4.15. The maximum Gasteiger partial charge on any atom is 0.301 e. The molecule has 2 saturated carbocycles. The van der Waals surface area contributed by atoms with Crippen molar-refractivity contribution in [2.24, 2.45) is 21.5 Å². The smallest absolute Gasteiger partial charge is 0.301 e. The van der Waals surface area contributed by atoms with Crippen LogP contribution in [-0.4, -0.2) is 106 Å². The minimum atomic E-state index is -1.02. The molecule has 22 nitrogen and oxygen atoms in total. The van der Waals surface area contributed by atoms with E-state index >= 15 is 0 Å². The number of nitrogen functional groups attached to an aromatic ring is 2. The second-order valence-electron chi connectivity index (χ2n) is 19.2. The molecule has 2 aromatic carbocycles. The minimum Gasteiger partial charge on any atom is -0.386 e. The number of hydrogen-bond donors (Lipinski definition) is 6. The summed E-state index contributed by atoms with van der Waals surface area (Å²) in [5.74, 6) is -1.16. The topological polar surface area (TPSA) is 322 Å².